The largest absolute Gasteiger partial charge is 0.434 e. The molecule has 1 aromatic heterocycles. The molecule has 0 bridgehead atoms. The van der Waals surface area contributed by atoms with Gasteiger partial charge in [0.1, 0.15) is 5.75 Å². The molecule has 0 saturated carbocycles. The van der Waals surface area contributed by atoms with E-state index in [-0.39, 0.29) is 11.6 Å². The Labute approximate surface area is 108 Å². The molecular weight excluding hydrogens is 256 g/mol. The maximum atomic E-state index is 12.3. The van der Waals surface area contributed by atoms with E-state index < -0.39 is 6.61 Å². The quantitative estimate of drug-likeness (QED) is 0.870. The van der Waals surface area contributed by atoms with Crippen molar-refractivity contribution in [2.45, 2.75) is 19.5 Å². The summed E-state index contributed by atoms with van der Waals surface area (Å²) in [4.78, 5) is 4.13. The fourth-order valence-corrected chi connectivity index (χ4v) is 1.57. The number of alkyl halides is 2. The standard InChI is InChI=1S/C12H13F2N3O2/c13-12(14)18-9-5-2-1-4-8(9)11-16-10(17-19-11)6-3-7-15/h1-2,4-5,12H,3,6-7,15H2. The van der Waals surface area contributed by atoms with Crippen LogP contribution >= 0.6 is 0 Å². The zero-order valence-electron chi connectivity index (χ0n) is 10.1. The Balaban J connectivity index is 2.23. The van der Waals surface area contributed by atoms with Crippen molar-refractivity contribution in [3.05, 3.63) is 30.1 Å². The van der Waals surface area contributed by atoms with E-state index in [1.807, 2.05) is 0 Å². The third-order valence-corrected chi connectivity index (χ3v) is 2.41. The Morgan fingerprint density at radius 2 is 2.11 bits per heavy atom. The van der Waals surface area contributed by atoms with Crippen LogP contribution in [0.5, 0.6) is 5.75 Å². The van der Waals surface area contributed by atoms with Crippen molar-refractivity contribution in [1.82, 2.24) is 10.1 Å². The minimum atomic E-state index is -2.90. The van der Waals surface area contributed by atoms with Gasteiger partial charge in [-0.15, -0.1) is 0 Å². The maximum absolute atomic E-state index is 12.3. The molecule has 102 valence electrons. The van der Waals surface area contributed by atoms with Crippen LogP contribution < -0.4 is 10.5 Å². The fourth-order valence-electron chi connectivity index (χ4n) is 1.57. The molecule has 0 unspecified atom stereocenters. The molecule has 0 aliphatic heterocycles. The summed E-state index contributed by atoms with van der Waals surface area (Å²) in [6, 6.07) is 6.27. The second-order valence-corrected chi connectivity index (χ2v) is 3.78. The molecule has 1 heterocycles. The number of aryl methyl sites for hydroxylation is 1. The van der Waals surface area contributed by atoms with Gasteiger partial charge in [-0.1, -0.05) is 17.3 Å². The zero-order chi connectivity index (χ0) is 13.7. The molecule has 2 N–H and O–H groups in total. The number of rotatable bonds is 6. The molecule has 5 nitrogen and oxygen atoms in total. The highest BCUT2D eigenvalue weighted by atomic mass is 19.3. The van der Waals surface area contributed by atoms with Crippen LogP contribution in [0, 0.1) is 0 Å². The minimum absolute atomic E-state index is 0.00604. The highest BCUT2D eigenvalue weighted by molar-refractivity contribution is 5.62. The summed E-state index contributed by atoms with van der Waals surface area (Å²) in [5, 5.41) is 3.77. The van der Waals surface area contributed by atoms with Crippen LogP contribution in [-0.4, -0.2) is 23.3 Å². The predicted octanol–water partition coefficient (Wildman–Crippen LogP) is 2.23. The van der Waals surface area contributed by atoms with Crippen molar-refractivity contribution in [3.8, 4) is 17.2 Å². The van der Waals surface area contributed by atoms with Crippen molar-refractivity contribution in [2.24, 2.45) is 5.73 Å². The van der Waals surface area contributed by atoms with Gasteiger partial charge >= 0.3 is 6.61 Å². The molecule has 0 saturated heterocycles. The average Bonchev–Trinajstić information content (AvgIpc) is 2.85. The van der Waals surface area contributed by atoms with Crippen molar-refractivity contribution in [1.29, 1.82) is 0 Å². The minimum Gasteiger partial charge on any atom is -0.434 e. The van der Waals surface area contributed by atoms with Gasteiger partial charge in [0.2, 0.25) is 0 Å². The maximum Gasteiger partial charge on any atom is 0.387 e. The lowest BCUT2D eigenvalue weighted by Crippen LogP contribution is -2.03. The lowest BCUT2D eigenvalue weighted by molar-refractivity contribution is -0.0495. The molecule has 0 aliphatic carbocycles. The van der Waals surface area contributed by atoms with Gasteiger partial charge in [-0.05, 0) is 25.1 Å². The van der Waals surface area contributed by atoms with E-state index in [1.54, 1.807) is 18.2 Å². The van der Waals surface area contributed by atoms with Crippen LogP contribution in [0.1, 0.15) is 12.2 Å². The Kier molecular flexibility index (Phi) is 4.40. The van der Waals surface area contributed by atoms with Gasteiger partial charge in [0.25, 0.3) is 5.89 Å². The van der Waals surface area contributed by atoms with Gasteiger partial charge in [0.15, 0.2) is 5.82 Å². The first-order valence-electron chi connectivity index (χ1n) is 5.77. The van der Waals surface area contributed by atoms with Crippen molar-refractivity contribution >= 4 is 0 Å². The summed E-state index contributed by atoms with van der Waals surface area (Å²) in [6.07, 6.45) is 1.31. The lowest BCUT2D eigenvalue weighted by atomic mass is 10.2. The Bertz CT molecular complexity index is 531. The van der Waals surface area contributed by atoms with Crippen LogP contribution in [0.4, 0.5) is 8.78 Å². The molecule has 0 aliphatic rings. The molecule has 2 rings (SSSR count). The van der Waals surface area contributed by atoms with Crippen LogP contribution in [-0.2, 0) is 6.42 Å². The second-order valence-electron chi connectivity index (χ2n) is 3.78. The summed E-state index contributed by atoms with van der Waals surface area (Å²) in [5.74, 6) is 0.655. The first-order chi connectivity index (χ1) is 9.20. The van der Waals surface area contributed by atoms with E-state index in [9.17, 15) is 8.78 Å². The summed E-state index contributed by atoms with van der Waals surface area (Å²) in [5.41, 5.74) is 5.73. The number of ether oxygens (including phenoxy) is 1. The van der Waals surface area contributed by atoms with Crippen LogP contribution in [0.25, 0.3) is 11.5 Å². The number of nitrogens with two attached hydrogens (primary N) is 1. The third-order valence-electron chi connectivity index (χ3n) is 2.41. The molecule has 2 aromatic rings. The average molecular weight is 269 g/mol. The number of aromatic nitrogens is 2. The normalized spacial score (nSPS) is 10.9. The highest BCUT2D eigenvalue weighted by Gasteiger charge is 2.15. The number of para-hydroxylation sites is 1. The van der Waals surface area contributed by atoms with E-state index in [4.69, 9.17) is 10.3 Å². The van der Waals surface area contributed by atoms with Gasteiger partial charge in [-0.25, -0.2) is 0 Å². The smallest absolute Gasteiger partial charge is 0.387 e. The molecule has 0 atom stereocenters. The predicted molar refractivity (Wildman–Crippen MR) is 63.7 cm³/mol. The molecule has 0 radical (unpaired) electrons. The first kappa shape index (κ1) is 13.4. The Morgan fingerprint density at radius 1 is 1.32 bits per heavy atom. The van der Waals surface area contributed by atoms with Gasteiger partial charge < -0.3 is 15.0 Å². The number of nitrogens with zero attached hydrogens (tertiary/aromatic N) is 2. The molecule has 7 heteroatoms. The monoisotopic (exact) mass is 269 g/mol. The number of halogens is 2. The van der Waals surface area contributed by atoms with Gasteiger partial charge in [0, 0.05) is 6.42 Å². The van der Waals surface area contributed by atoms with Crippen LogP contribution in [0.15, 0.2) is 28.8 Å². The highest BCUT2D eigenvalue weighted by Crippen LogP contribution is 2.29. The zero-order valence-corrected chi connectivity index (χ0v) is 10.1. The fraction of sp³-hybridized carbons (Fsp3) is 0.333. The van der Waals surface area contributed by atoms with Gasteiger partial charge in [-0.2, -0.15) is 13.8 Å². The molecular formula is C12H13F2N3O2. The molecule has 0 spiro atoms. The lowest BCUT2D eigenvalue weighted by Gasteiger charge is -2.06. The van der Waals surface area contributed by atoms with Crippen molar-refractivity contribution in [2.75, 3.05) is 6.54 Å². The summed E-state index contributed by atoms with van der Waals surface area (Å²) in [7, 11) is 0. The van der Waals surface area contributed by atoms with E-state index in [1.165, 1.54) is 6.07 Å². The Hall–Kier alpha value is -2.02. The second kappa shape index (κ2) is 6.24. The SMILES string of the molecule is NCCCc1noc(-c2ccccc2OC(F)F)n1. The number of hydrogen-bond acceptors (Lipinski definition) is 5. The molecule has 0 amide bonds. The molecule has 19 heavy (non-hydrogen) atoms. The summed E-state index contributed by atoms with van der Waals surface area (Å²) in [6.45, 7) is -2.38. The topological polar surface area (TPSA) is 74.2 Å². The van der Waals surface area contributed by atoms with Gasteiger partial charge in [-0.3, -0.25) is 0 Å². The van der Waals surface area contributed by atoms with E-state index in [2.05, 4.69) is 14.9 Å². The van der Waals surface area contributed by atoms with E-state index in [0.717, 1.165) is 6.42 Å². The van der Waals surface area contributed by atoms with E-state index in [0.29, 0.717) is 24.4 Å². The van der Waals surface area contributed by atoms with Crippen LogP contribution in [0.3, 0.4) is 0 Å². The third kappa shape index (κ3) is 3.47. The van der Waals surface area contributed by atoms with Crippen molar-refractivity contribution in [3.63, 3.8) is 0 Å². The number of hydrogen-bond donors (Lipinski definition) is 1. The van der Waals surface area contributed by atoms with Crippen LogP contribution in [0.2, 0.25) is 0 Å². The summed E-state index contributed by atoms with van der Waals surface area (Å²) >= 11 is 0. The van der Waals surface area contributed by atoms with Crippen molar-refractivity contribution < 1.29 is 18.0 Å². The van der Waals surface area contributed by atoms with E-state index >= 15 is 0 Å². The number of benzene rings is 1. The summed E-state index contributed by atoms with van der Waals surface area (Å²) < 4.78 is 34.0. The molecule has 1 aromatic carbocycles. The first-order valence-corrected chi connectivity index (χ1v) is 5.77. The molecule has 0 fully saturated rings. The van der Waals surface area contributed by atoms with Gasteiger partial charge in [0.05, 0.1) is 5.56 Å². The Morgan fingerprint density at radius 3 is 2.84 bits per heavy atom.